The van der Waals surface area contributed by atoms with Crippen LogP contribution in [-0.4, -0.2) is 47.7 Å². The molecule has 1 atom stereocenters. The molecule has 0 radical (unpaired) electrons. The molecule has 5 rings (SSSR count). The molecule has 0 amide bonds. The average molecular weight is 455 g/mol. The Morgan fingerprint density at radius 1 is 1.13 bits per heavy atom. The highest BCUT2D eigenvalue weighted by Gasteiger charge is 2.36. The minimum atomic E-state index is -4.57. The van der Waals surface area contributed by atoms with Crippen LogP contribution in [0.5, 0.6) is 0 Å². The fourth-order valence-corrected chi connectivity index (χ4v) is 3.79. The smallest absolute Gasteiger partial charge is 0.402 e. The standard InChI is InChI=1S/C20H18ClF3N4O3/c21-15-7-16(18-27-28-19(31-18)25-8-12-9-29-3-4-30-12)26-17-13(15)5-11(10-1-2-10)6-14(17)20(22,23)24/h5-7,10,12H,1-4,8-9H2,(H,25,28). The van der Waals surface area contributed by atoms with Gasteiger partial charge in [0.15, 0.2) is 0 Å². The van der Waals surface area contributed by atoms with E-state index in [0.717, 1.165) is 12.8 Å². The Hall–Kier alpha value is -2.43. The molecule has 1 aliphatic carbocycles. The van der Waals surface area contributed by atoms with Crippen molar-refractivity contribution in [3.05, 3.63) is 34.3 Å². The molecule has 2 aromatic heterocycles. The number of nitrogens with zero attached hydrogens (tertiary/aromatic N) is 3. The first-order valence-electron chi connectivity index (χ1n) is 9.87. The normalized spacial score (nSPS) is 19.7. The highest BCUT2D eigenvalue weighted by molar-refractivity contribution is 6.35. The lowest BCUT2D eigenvalue weighted by Crippen LogP contribution is -2.34. The Kier molecular flexibility index (Phi) is 5.23. The molecule has 1 saturated carbocycles. The Morgan fingerprint density at radius 3 is 2.68 bits per heavy atom. The third-order valence-electron chi connectivity index (χ3n) is 5.25. The largest absolute Gasteiger partial charge is 0.418 e. The van der Waals surface area contributed by atoms with Gasteiger partial charge in [-0.05, 0) is 42.5 Å². The maximum Gasteiger partial charge on any atom is 0.418 e. The monoisotopic (exact) mass is 454 g/mol. The number of halogens is 4. The number of hydrogen-bond acceptors (Lipinski definition) is 7. The van der Waals surface area contributed by atoms with Gasteiger partial charge in [0.05, 0.1) is 42.0 Å². The summed E-state index contributed by atoms with van der Waals surface area (Å²) in [6, 6.07) is 4.40. The summed E-state index contributed by atoms with van der Waals surface area (Å²) < 4.78 is 57.7. The first-order valence-corrected chi connectivity index (χ1v) is 10.2. The zero-order valence-electron chi connectivity index (χ0n) is 16.2. The summed E-state index contributed by atoms with van der Waals surface area (Å²) in [5.41, 5.74) is -0.350. The number of alkyl halides is 3. The van der Waals surface area contributed by atoms with E-state index in [1.165, 1.54) is 12.1 Å². The maximum atomic E-state index is 13.8. The van der Waals surface area contributed by atoms with Gasteiger partial charge in [0.2, 0.25) is 0 Å². The van der Waals surface area contributed by atoms with E-state index in [1.807, 2.05) is 0 Å². The Bertz CT molecular complexity index is 1110. The Labute approximate surface area is 179 Å². The SMILES string of the molecule is FC(F)(F)c1cc(C2CC2)cc2c(Cl)cc(-c3nnc(NCC4COCCO4)o3)nc12. The zero-order chi connectivity index (χ0) is 21.6. The van der Waals surface area contributed by atoms with Crippen molar-refractivity contribution in [3.8, 4) is 11.6 Å². The summed E-state index contributed by atoms with van der Waals surface area (Å²) >= 11 is 6.36. The number of ether oxygens (including phenoxy) is 2. The highest BCUT2D eigenvalue weighted by atomic mass is 35.5. The van der Waals surface area contributed by atoms with Gasteiger partial charge in [-0.1, -0.05) is 16.7 Å². The van der Waals surface area contributed by atoms with Gasteiger partial charge in [-0.25, -0.2) is 4.98 Å². The molecule has 1 saturated heterocycles. The molecule has 11 heteroatoms. The second-order valence-electron chi connectivity index (χ2n) is 7.59. The van der Waals surface area contributed by atoms with Gasteiger partial charge in [-0.15, -0.1) is 5.10 Å². The molecule has 2 fully saturated rings. The number of rotatable bonds is 5. The third kappa shape index (κ3) is 4.32. The number of nitrogens with one attached hydrogen (secondary N) is 1. The van der Waals surface area contributed by atoms with Gasteiger partial charge in [-0.2, -0.15) is 13.2 Å². The van der Waals surface area contributed by atoms with E-state index < -0.39 is 11.7 Å². The van der Waals surface area contributed by atoms with E-state index in [4.69, 9.17) is 25.5 Å². The fourth-order valence-electron chi connectivity index (χ4n) is 3.54. The predicted octanol–water partition coefficient (Wildman–Crippen LogP) is 4.66. The topological polar surface area (TPSA) is 82.3 Å². The summed E-state index contributed by atoms with van der Waals surface area (Å²) in [6.45, 7) is 1.89. The van der Waals surface area contributed by atoms with E-state index in [9.17, 15) is 13.2 Å². The zero-order valence-corrected chi connectivity index (χ0v) is 17.0. The van der Waals surface area contributed by atoms with Crippen LogP contribution in [-0.2, 0) is 15.7 Å². The van der Waals surface area contributed by atoms with Crippen molar-refractivity contribution in [1.82, 2.24) is 15.2 Å². The van der Waals surface area contributed by atoms with E-state index in [-0.39, 0.29) is 45.5 Å². The maximum absolute atomic E-state index is 13.8. The van der Waals surface area contributed by atoms with E-state index >= 15 is 0 Å². The van der Waals surface area contributed by atoms with Crippen molar-refractivity contribution in [2.45, 2.75) is 31.0 Å². The second kappa shape index (κ2) is 7.92. The van der Waals surface area contributed by atoms with Gasteiger partial charge < -0.3 is 19.2 Å². The van der Waals surface area contributed by atoms with Crippen LogP contribution in [0.3, 0.4) is 0 Å². The second-order valence-corrected chi connectivity index (χ2v) is 7.99. The highest BCUT2D eigenvalue weighted by Crippen LogP contribution is 2.45. The molecule has 3 aromatic rings. The quantitative estimate of drug-likeness (QED) is 0.600. The van der Waals surface area contributed by atoms with Crippen molar-refractivity contribution in [3.63, 3.8) is 0 Å². The van der Waals surface area contributed by atoms with Crippen LogP contribution in [0.25, 0.3) is 22.5 Å². The van der Waals surface area contributed by atoms with Gasteiger partial charge in [0, 0.05) is 11.9 Å². The number of fused-ring (bicyclic) bond motifs is 1. The van der Waals surface area contributed by atoms with Crippen molar-refractivity contribution >= 4 is 28.5 Å². The third-order valence-corrected chi connectivity index (χ3v) is 5.56. The predicted molar refractivity (Wildman–Crippen MR) is 106 cm³/mol. The first kappa shape index (κ1) is 20.5. The number of aromatic nitrogens is 3. The molecule has 0 spiro atoms. The van der Waals surface area contributed by atoms with E-state index in [1.54, 1.807) is 6.07 Å². The minimum absolute atomic E-state index is 0.0356. The van der Waals surface area contributed by atoms with Crippen molar-refractivity contribution in [2.75, 3.05) is 31.7 Å². The van der Waals surface area contributed by atoms with E-state index in [2.05, 4.69) is 20.5 Å². The molecule has 164 valence electrons. The Balaban J connectivity index is 1.46. The minimum Gasteiger partial charge on any atom is -0.402 e. The van der Waals surface area contributed by atoms with Gasteiger partial charge in [0.1, 0.15) is 5.69 Å². The number of hydrogen-bond donors (Lipinski definition) is 1. The number of benzene rings is 1. The molecule has 31 heavy (non-hydrogen) atoms. The van der Waals surface area contributed by atoms with Crippen LogP contribution in [0.4, 0.5) is 19.2 Å². The van der Waals surface area contributed by atoms with Crippen LogP contribution in [0.2, 0.25) is 5.02 Å². The molecule has 1 N–H and O–H groups in total. The lowest BCUT2D eigenvalue weighted by atomic mass is 10.0. The van der Waals surface area contributed by atoms with Crippen molar-refractivity contribution < 1.29 is 27.1 Å². The fraction of sp³-hybridized carbons (Fsp3) is 0.450. The molecule has 0 bridgehead atoms. The van der Waals surface area contributed by atoms with Crippen LogP contribution in [0.15, 0.2) is 22.6 Å². The summed E-state index contributed by atoms with van der Waals surface area (Å²) in [5.74, 6) is 0.107. The Morgan fingerprint density at radius 2 is 1.97 bits per heavy atom. The van der Waals surface area contributed by atoms with Crippen LogP contribution >= 0.6 is 11.6 Å². The summed E-state index contributed by atoms with van der Waals surface area (Å²) in [6.07, 6.45) is -2.97. The molecular weight excluding hydrogens is 437 g/mol. The summed E-state index contributed by atoms with van der Waals surface area (Å²) in [4.78, 5) is 4.18. The van der Waals surface area contributed by atoms with E-state index in [0.29, 0.717) is 31.9 Å². The van der Waals surface area contributed by atoms with Crippen molar-refractivity contribution in [1.29, 1.82) is 0 Å². The lowest BCUT2D eigenvalue weighted by molar-refractivity contribution is -0.136. The van der Waals surface area contributed by atoms with Crippen molar-refractivity contribution in [2.24, 2.45) is 0 Å². The van der Waals surface area contributed by atoms with Crippen LogP contribution < -0.4 is 5.32 Å². The number of anilines is 1. The summed E-state index contributed by atoms with van der Waals surface area (Å²) in [7, 11) is 0. The lowest BCUT2D eigenvalue weighted by Gasteiger charge is -2.22. The molecule has 1 unspecified atom stereocenters. The van der Waals surface area contributed by atoms with Crippen LogP contribution in [0, 0.1) is 0 Å². The molecule has 3 heterocycles. The number of pyridine rings is 1. The summed E-state index contributed by atoms with van der Waals surface area (Å²) in [5, 5.41) is 11.1. The molecule has 1 aromatic carbocycles. The van der Waals surface area contributed by atoms with Gasteiger partial charge in [0.25, 0.3) is 5.89 Å². The molecular formula is C20H18ClF3N4O3. The molecule has 2 aliphatic rings. The average Bonchev–Trinajstić information content (AvgIpc) is 3.49. The molecule has 7 nitrogen and oxygen atoms in total. The van der Waals surface area contributed by atoms with Gasteiger partial charge in [-0.3, -0.25) is 0 Å². The molecule has 1 aliphatic heterocycles. The first-order chi connectivity index (χ1) is 14.9. The van der Waals surface area contributed by atoms with Crippen LogP contribution in [0.1, 0.15) is 29.9 Å². The van der Waals surface area contributed by atoms with Gasteiger partial charge >= 0.3 is 12.2 Å².